The average Bonchev–Trinajstić information content (AvgIpc) is 1.67. The standard InChI is InChI=1S/C4H7NO3.Na/c1-3(4(7)8)5-2-6;/h2-3H,1H3,(H,5,6)(H,7,8);/q;+1/p-1/t3-;/m0./s1. The molecule has 9 heavy (non-hydrogen) atoms. The predicted octanol–water partition coefficient (Wildman–Crippen LogP) is -5.13. The van der Waals surface area contributed by atoms with Crippen LogP contribution in [-0.4, -0.2) is 18.4 Å². The Morgan fingerprint density at radius 1 is 1.78 bits per heavy atom. The molecule has 0 saturated carbocycles. The van der Waals surface area contributed by atoms with Gasteiger partial charge in [0, 0.05) is 0 Å². The molecule has 0 heterocycles. The Morgan fingerprint density at radius 3 is 2.33 bits per heavy atom. The second kappa shape index (κ2) is 6.07. The number of carboxylic acids is 1. The molecule has 1 atom stereocenters. The van der Waals surface area contributed by atoms with Crippen molar-refractivity contribution in [3.05, 3.63) is 0 Å². The molecule has 1 N–H and O–H groups in total. The van der Waals surface area contributed by atoms with Crippen molar-refractivity contribution in [3.8, 4) is 0 Å². The molecule has 0 radical (unpaired) electrons. The van der Waals surface area contributed by atoms with E-state index in [9.17, 15) is 14.7 Å². The summed E-state index contributed by atoms with van der Waals surface area (Å²) in [5, 5.41) is 11.8. The molecule has 0 fully saturated rings. The molecule has 0 aliphatic rings. The molecular formula is C4H6NNaO3. The van der Waals surface area contributed by atoms with Crippen molar-refractivity contribution in [2.45, 2.75) is 13.0 Å². The van der Waals surface area contributed by atoms with E-state index in [2.05, 4.69) is 0 Å². The largest absolute Gasteiger partial charge is 1.00 e. The van der Waals surface area contributed by atoms with Crippen molar-refractivity contribution >= 4 is 12.4 Å². The van der Waals surface area contributed by atoms with Gasteiger partial charge in [0.2, 0.25) is 6.41 Å². The molecule has 1 amide bonds. The second-order valence-corrected chi connectivity index (χ2v) is 1.33. The van der Waals surface area contributed by atoms with E-state index in [0.29, 0.717) is 6.41 Å². The monoisotopic (exact) mass is 139 g/mol. The first-order chi connectivity index (χ1) is 3.68. The summed E-state index contributed by atoms with van der Waals surface area (Å²) in [6, 6.07) is -0.896. The van der Waals surface area contributed by atoms with Gasteiger partial charge in [0.05, 0.1) is 12.0 Å². The summed E-state index contributed by atoms with van der Waals surface area (Å²) >= 11 is 0. The van der Waals surface area contributed by atoms with Crippen molar-refractivity contribution in [3.63, 3.8) is 0 Å². The number of amides is 1. The van der Waals surface area contributed by atoms with Crippen LogP contribution in [0.2, 0.25) is 0 Å². The first-order valence-corrected chi connectivity index (χ1v) is 2.09. The maximum Gasteiger partial charge on any atom is 1.00 e. The molecule has 0 saturated heterocycles. The molecule has 0 aliphatic carbocycles. The minimum absolute atomic E-state index is 0. The molecular weight excluding hydrogens is 133 g/mol. The van der Waals surface area contributed by atoms with Gasteiger partial charge in [0.15, 0.2) is 0 Å². The van der Waals surface area contributed by atoms with Gasteiger partial charge >= 0.3 is 29.6 Å². The van der Waals surface area contributed by atoms with Gasteiger partial charge in [-0.25, -0.2) is 0 Å². The average molecular weight is 139 g/mol. The van der Waals surface area contributed by atoms with E-state index in [-0.39, 0.29) is 29.6 Å². The van der Waals surface area contributed by atoms with Gasteiger partial charge in [-0.3, -0.25) is 4.79 Å². The van der Waals surface area contributed by atoms with Crippen LogP contribution >= 0.6 is 0 Å². The van der Waals surface area contributed by atoms with Crippen LogP contribution in [0.4, 0.5) is 0 Å². The molecule has 0 unspecified atom stereocenters. The molecule has 4 nitrogen and oxygen atoms in total. The molecule has 5 heteroatoms. The van der Waals surface area contributed by atoms with Crippen LogP contribution in [0, 0.1) is 0 Å². The third-order valence-corrected chi connectivity index (χ3v) is 0.672. The number of carbonyl (C=O) groups excluding carboxylic acids is 2. The summed E-state index contributed by atoms with van der Waals surface area (Å²) in [4.78, 5) is 19.3. The van der Waals surface area contributed by atoms with Gasteiger partial charge in [0.25, 0.3) is 0 Å². The molecule has 0 spiro atoms. The molecule has 0 bridgehead atoms. The topological polar surface area (TPSA) is 69.2 Å². The maximum absolute atomic E-state index is 9.76. The van der Waals surface area contributed by atoms with Crippen LogP contribution in [0.5, 0.6) is 0 Å². The van der Waals surface area contributed by atoms with Gasteiger partial charge in [-0.15, -0.1) is 0 Å². The van der Waals surface area contributed by atoms with E-state index in [1.807, 2.05) is 5.32 Å². The van der Waals surface area contributed by atoms with E-state index in [1.54, 1.807) is 0 Å². The summed E-state index contributed by atoms with van der Waals surface area (Å²) in [6.07, 6.45) is 0.320. The Bertz CT molecular complexity index is 106. The van der Waals surface area contributed by atoms with Crippen molar-refractivity contribution in [1.29, 1.82) is 0 Å². The minimum atomic E-state index is -1.28. The number of carbonyl (C=O) groups is 2. The van der Waals surface area contributed by atoms with Crippen molar-refractivity contribution < 1.29 is 44.3 Å². The zero-order chi connectivity index (χ0) is 6.57. The van der Waals surface area contributed by atoms with E-state index in [1.165, 1.54) is 6.92 Å². The van der Waals surface area contributed by atoms with Crippen molar-refractivity contribution in [2.75, 3.05) is 0 Å². The van der Waals surface area contributed by atoms with Gasteiger partial charge in [-0.1, -0.05) is 0 Å². The first kappa shape index (κ1) is 11.7. The number of nitrogens with one attached hydrogen (secondary N) is 1. The minimum Gasteiger partial charge on any atom is -0.548 e. The fourth-order valence-electron chi connectivity index (χ4n) is 0.170. The molecule has 0 aromatic carbocycles. The van der Waals surface area contributed by atoms with Crippen LogP contribution < -0.4 is 40.0 Å². The quantitative estimate of drug-likeness (QED) is 0.314. The normalized spacial score (nSPS) is 10.8. The zero-order valence-electron chi connectivity index (χ0n) is 5.38. The summed E-state index contributed by atoms with van der Waals surface area (Å²) in [6.45, 7) is 1.32. The number of aliphatic carboxylic acids is 1. The summed E-state index contributed by atoms with van der Waals surface area (Å²) in [5.74, 6) is -1.28. The first-order valence-electron chi connectivity index (χ1n) is 2.09. The van der Waals surface area contributed by atoms with Crippen molar-refractivity contribution in [2.24, 2.45) is 0 Å². The SMILES string of the molecule is C[C@H](NC=O)C(=O)[O-].[Na+]. The number of carboxylic acid groups (broad SMARTS) is 1. The van der Waals surface area contributed by atoms with Gasteiger partial charge in [-0.05, 0) is 6.92 Å². The number of hydrogen-bond donors (Lipinski definition) is 1. The number of hydrogen-bond acceptors (Lipinski definition) is 3. The molecule has 0 aromatic heterocycles. The fourth-order valence-corrected chi connectivity index (χ4v) is 0.170. The molecule has 46 valence electrons. The van der Waals surface area contributed by atoms with Crippen LogP contribution in [0.3, 0.4) is 0 Å². The molecule has 0 aromatic rings. The fraction of sp³-hybridized carbons (Fsp3) is 0.500. The Balaban J connectivity index is 0. The van der Waals surface area contributed by atoms with Crippen LogP contribution in [0.25, 0.3) is 0 Å². The Hall–Kier alpha value is -0.0600. The Labute approximate surface area is 74.9 Å². The summed E-state index contributed by atoms with van der Waals surface area (Å²) in [5.41, 5.74) is 0. The van der Waals surface area contributed by atoms with E-state index < -0.39 is 12.0 Å². The van der Waals surface area contributed by atoms with E-state index >= 15 is 0 Å². The Morgan fingerprint density at radius 2 is 2.22 bits per heavy atom. The van der Waals surface area contributed by atoms with Gasteiger partial charge in [0.1, 0.15) is 0 Å². The molecule has 0 aliphatic heterocycles. The molecule has 0 rings (SSSR count). The predicted molar refractivity (Wildman–Crippen MR) is 23.7 cm³/mol. The Kier molecular flexibility index (Phi) is 7.89. The van der Waals surface area contributed by atoms with Gasteiger partial charge in [-0.2, -0.15) is 0 Å². The zero-order valence-corrected chi connectivity index (χ0v) is 7.38. The van der Waals surface area contributed by atoms with E-state index in [0.717, 1.165) is 0 Å². The van der Waals surface area contributed by atoms with Gasteiger partial charge < -0.3 is 15.2 Å². The third-order valence-electron chi connectivity index (χ3n) is 0.672. The van der Waals surface area contributed by atoms with Crippen LogP contribution in [0.1, 0.15) is 6.92 Å². The van der Waals surface area contributed by atoms with Crippen molar-refractivity contribution in [1.82, 2.24) is 5.32 Å². The van der Waals surface area contributed by atoms with E-state index in [4.69, 9.17) is 0 Å². The maximum atomic E-state index is 9.76. The van der Waals surface area contributed by atoms with Crippen LogP contribution in [-0.2, 0) is 9.59 Å². The third kappa shape index (κ3) is 5.82. The summed E-state index contributed by atoms with van der Waals surface area (Å²) < 4.78 is 0. The smallest absolute Gasteiger partial charge is 0.548 e. The summed E-state index contributed by atoms with van der Waals surface area (Å²) in [7, 11) is 0. The second-order valence-electron chi connectivity index (χ2n) is 1.33. The van der Waals surface area contributed by atoms with Crippen LogP contribution in [0.15, 0.2) is 0 Å². The number of rotatable bonds is 3.